The van der Waals surface area contributed by atoms with Crippen LogP contribution in [0.25, 0.3) is 0 Å². The highest BCUT2D eigenvalue weighted by Crippen LogP contribution is 2.19. The smallest absolute Gasteiger partial charge is 0.147 e. The molecule has 6 heteroatoms. The summed E-state index contributed by atoms with van der Waals surface area (Å²) in [6.45, 7) is 2.77. The van der Waals surface area contributed by atoms with E-state index in [9.17, 15) is 0 Å². The molecule has 1 atom stereocenters. The summed E-state index contributed by atoms with van der Waals surface area (Å²) in [4.78, 5) is 8.37. The first kappa shape index (κ1) is 11.5. The van der Waals surface area contributed by atoms with Crippen molar-refractivity contribution in [3.05, 3.63) is 35.1 Å². The number of pyridine rings is 1. The number of nitrogens with one attached hydrogen (secondary N) is 1. The third-order valence-electron chi connectivity index (χ3n) is 3.06. The fourth-order valence-corrected chi connectivity index (χ4v) is 2.45. The SMILES string of the molecule is Cc1nc2n(n1)CC(Nc1ccnc(Cl)c1)CC2. The Bertz CT molecular complexity index is 565. The molecule has 1 aliphatic rings. The first-order chi connectivity index (χ1) is 8.70. The van der Waals surface area contributed by atoms with E-state index < -0.39 is 0 Å². The predicted octanol–water partition coefficient (Wildman–Crippen LogP) is 2.06. The molecule has 0 aromatic carbocycles. The number of halogens is 1. The van der Waals surface area contributed by atoms with E-state index in [1.54, 1.807) is 6.20 Å². The minimum atomic E-state index is 0.358. The number of rotatable bonds is 2. The molecule has 1 aliphatic heterocycles. The number of hydrogen-bond donors (Lipinski definition) is 1. The highest BCUT2D eigenvalue weighted by Gasteiger charge is 2.20. The molecule has 0 spiro atoms. The van der Waals surface area contributed by atoms with E-state index in [1.807, 2.05) is 23.7 Å². The van der Waals surface area contributed by atoms with Crippen molar-refractivity contribution in [3.8, 4) is 0 Å². The van der Waals surface area contributed by atoms with Gasteiger partial charge in [-0.3, -0.25) is 0 Å². The van der Waals surface area contributed by atoms with Gasteiger partial charge >= 0.3 is 0 Å². The molecule has 3 heterocycles. The first-order valence-corrected chi connectivity index (χ1v) is 6.37. The minimum Gasteiger partial charge on any atom is -0.380 e. The van der Waals surface area contributed by atoms with Gasteiger partial charge < -0.3 is 5.32 Å². The quantitative estimate of drug-likeness (QED) is 0.843. The number of nitrogens with zero attached hydrogens (tertiary/aromatic N) is 4. The maximum Gasteiger partial charge on any atom is 0.147 e. The minimum absolute atomic E-state index is 0.358. The summed E-state index contributed by atoms with van der Waals surface area (Å²) in [6.07, 6.45) is 3.72. The lowest BCUT2D eigenvalue weighted by Gasteiger charge is -2.24. The second-order valence-corrected chi connectivity index (χ2v) is 4.89. The predicted molar refractivity (Wildman–Crippen MR) is 69.7 cm³/mol. The standard InChI is InChI=1S/C12H14ClN5/c1-8-15-12-3-2-10(7-18(12)17-8)16-9-4-5-14-11(13)6-9/h4-6,10H,2-3,7H2,1H3,(H,14,16). The van der Waals surface area contributed by atoms with E-state index in [2.05, 4.69) is 20.4 Å². The van der Waals surface area contributed by atoms with Crippen LogP contribution in [0.4, 0.5) is 5.69 Å². The molecule has 18 heavy (non-hydrogen) atoms. The van der Waals surface area contributed by atoms with E-state index in [1.165, 1.54) is 0 Å². The van der Waals surface area contributed by atoms with Gasteiger partial charge in [-0.25, -0.2) is 14.6 Å². The largest absolute Gasteiger partial charge is 0.380 e. The van der Waals surface area contributed by atoms with Crippen LogP contribution in [0.2, 0.25) is 5.15 Å². The van der Waals surface area contributed by atoms with Crippen LogP contribution in [0.15, 0.2) is 18.3 Å². The van der Waals surface area contributed by atoms with Gasteiger partial charge in [0.25, 0.3) is 0 Å². The molecule has 0 saturated carbocycles. The van der Waals surface area contributed by atoms with Crippen LogP contribution < -0.4 is 5.32 Å². The van der Waals surface area contributed by atoms with Gasteiger partial charge in [0.2, 0.25) is 0 Å². The van der Waals surface area contributed by atoms with Crippen molar-refractivity contribution in [2.75, 3.05) is 5.32 Å². The molecular weight excluding hydrogens is 250 g/mol. The lowest BCUT2D eigenvalue weighted by atomic mass is 10.1. The van der Waals surface area contributed by atoms with Gasteiger partial charge in [0, 0.05) is 24.3 Å². The fraction of sp³-hybridized carbons (Fsp3) is 0.417. The Hall–Kier alpha value is -1.62. The average molecular weight is 264 g/mol. The third kappa shape index (κ3) is 2.31. The van der Waals surface area contributed by atoms with Crippen molar-refractivity contribution in [3.63, 3.8) is 0 Å². The second kappa shape index (κ2) is 4.57. The molecule has 0 amide bonds. The molecule has 3 rings (SSSR count). The van der Waals surface area contributed by atoms with Crippen molar-refractivity contribution in [1.29, 1.82) is 0 Å². The average Bonchev–Trinajstić information content (AvgIpc) is 2.68. The van der Waals surface area contributed by atoms with Crippen molar-refractivity contribution in [2.24, 2.45) is 0 Å². The Morgan fingerprint density at radius 2 is 2.39 bits per heavy atom. The summed E-state index contributed by atoms with van der Waals surface area (Å²) in [5.74, 6) is 1.93. The molecule has 1 N–H and O–H groups in total. The Balaban J connectivity index is 1.73. The highest BCUT2D eigenvalue weighted by molar-refractivity contribution is 6.29. The number of hydrogen-bond acceptors (Lipinski definition) is 4. The first-order valence-electron chi connectivity index (χ1n) is 5.99. The third-order valence-corrected chi connectivity index (χ3v) is 3.27. The van der Waals surface area contributed by atoms with Crippen molar-refractivity contribution in [2.45, 2.75) is 32.4 Å². The lowest BCUT2D eigenvalue weighted by molar-refractivity contribution is 0.441. The Morgan fingerprint density at radius 1 is 1.50 bits per heavy atom. The molecule has 0 radical (unpaired) electrons. The Morgan fingerprint density at radius 3 is 3.22 bits per heavy atom. The van der Waals surface area contributed by atoms with E-state index in [0.717, 1.165) is 36.7 Å². The van der Waals surface area contributed by atoms with E-state index in [0.29, 0.717) is 11.2 Å². The van der Waals surface area contributed by atoms with Crippen molar-refractivity contribution in [1.82, 2.24) is 19.7 Å². The van der Waals surface area contributed by atoms with Gasteiger partial charge in [0.15, 0.2) is 0 Å². The summed E-state index contributed by atoms with van der Waals surface area (Å²) in [7, 11) is 0. The summed E-state index contributed by atoms with van der Waals surface area (Å²) in [6, 6.07) is 4.12. The van der Waals surface area contributed by atoms with Crippen LogP contribution in [0, 0.1) is 6.92 Å². The molecule has 5 nitrogen and oxygen atoms in total. The summed E-state index contributed by atoms with van der Waals surface area (Å²) >= 11 is 5.87. The molecular formula is C12H14ClN5. The second-order valence-electron chi connectivity index (χ2n) is 4.50. The van der Waals surface area contributed by atoms with Gasteiger partial charge in [0.05, 0.1) is 6.54 Å². The molecule has 2 aromatic rings. The molecule has 2 aromatic heterocycles. The maximum atomic E-state index is 5.87. The highest BCUT2D eigenvalue weighted by atomic mass is 35.5. The molecule has 0 aliphatic carbocycles. The Labute approximate surface area is 110 Å². The van der Waals surface area contributed by atoms with E-state index in [4.69, 9.17) is 11.6 Å². The van der Waals surface area contributed by atoms with Crippen molar-refractivity contribution < 1.29 is 0 Å². The summed E-state index contributed by atoms with van der Waals surface area (Å²) < 4.78 is 1.99. The van der Waals surface area contributed by atoms with Gasteiger partial charge in [-0.2, -0.15) is 5.10 Å². The zero-order valence-electron chi connectivity index (χ0n) is 10.1. The molecule has 1 unspecified atom stereocenters. The van der Waals surface area contributed by atoms with E-state index >= 15 is 0 Å². The topological polar surface area (TPSA) is 55.6 Å². The van der Waals surface area contributed by atoms with Crippen LogP contribution in [0.3, 0.4) is 0 Å². The number of aryl methyl sites for hydroxylation is 2. The molecule has 0 fully saturated rings. The van der Waals surface area contributed by atoms with Gasteiger partial charge in [0.1, 0.15) is 16.8 Å². The van der Waals surface area contributed by atoms with Gasteiger partial charge in [-0.05, 0) is 25.5 Å². The molecule has 0 bridgehead atoms. The monoisotopic (exact) mass is 263 g/mol. The fourth-order valence-electron chi connectivity index (χ4n) is 2.28. The van der Waals surface area contributed by atoms with Crippen LogP contribution in [-0.2, 0) is 13.0 Å². The summed E-state index contributed by atoms with van der Waals surface area (Å²) in [5, 5.41) is 8.35. The van der Waals surface area contributed by atoms with Crippen molar-refractivity contribution >= 4 is 17.3 Å². The number of fused-ring (bicyclic) bond motifs is 1. The van der Waals surface area contributed by atoms with Gasteiger partial charge in [-0.1, -0.05) is 11.6 Å². The van der Waals surface area contributed by atoms with E-state index in [-0.39, 0.29) is 0 Å². The lowest BCUT2D eigenvalue weighted by Crippen LogP contribution is -2.31. The zero-order valence-corrected chi connectivity index (χ0v) is 10.9. The maximum absolute atomic E-state index is 5.87. The number of aromatic nitrogens is 4. The van der Waals surface area contributed by atoms with Crippen LogP contribution >= 0.6 is 11.6 Å². The zero-order chi connectivity index (χ0) is 12.5. The van der Waals surface area contributed by atoms with Gasteiger partial charge in [-0.15, -0.1) is 0 Å². The molecule has 0 saturated heterocycles. The van der Waals surface area contributed by atoms with Crippen LogP contribution in [-0.4, -0.2) is 25.8 Å². The Kier molecular flexibility index (Phi) is 2.91. The van der Waals surface area contributed by atoms with Crippen LogP contribution in [0.5, 0.6) is 0 Å². The normalized spacial score (nSPS) is 18.4. The number of anilines is 1. The molecule has 94 valence electrons. The summed E-state index contributed by atoms with van der Waals surface area (Å²) in [5.41, 5.74) is 1.00. The van der Waals surface area contributed by atoms with Crippen LogP contribution in [0.1, 0.15) is 18.1 Å².